The van der Waals surface area contributed by atoms with Crippen LogP contribution in [0.1, 0.15) is 6.42 Å². The summed E-state index contributed by atoms with van der Waals surface area (Å²) < 4.78 is 57.1. The molecule has 0 aromatic rings. The van der Waals surface area contributed by atoms with Gasteiger partial charge in [-0.15, -0.1) is 0 Å². The molecular formula is C7H10F3NO5S. The number of halogens is 3. The van der Waals surface area contributed by atoms with Crippen molar-refractivity contribution in [1.82, 2.24) is 5.32 Å². The molecule has 0 aliphatic carbocycles. The number of hydrogen-bond donors (Lipinski definition) is 2. The average molecular weight is 277 g/mol. The minimum atomic E-state index is -4.62. The first-order valence-electron chi connectivity index (χ1n) is 4.27. The second-order valence-corrected chi connectivity index (χ2v) is 5.31. The summed E-state index contributed by atoms with van der Waals surface area (Å²) in [7, 11) is -4.00. The van der Waals surface area contributed by atoms with Gasteiger partial charge in [0.15, 0.2) is 9.84 Å². The van der Waals surface area contributed by atoms with Crippen LogP contribution in [0.3, 0.4) is 0 Å². The summed E-state index contributed by atoms with van der Waals surface area (Å²) in [6.07, 6.45) is -5.32. The smallest absolute Gasteiger partial charge is 0.405 e. The summed E-state index contributed by atoms with van der Waals surface area (Å²) in [6.45, 7) is -1.62. The van der Waals surface area contributed by atoms with Crippen molar-refractivity contribution < 1.29 is 36.3 Å². The zero-order valence-corrected chi connectivity index (χ0v) is 9.27. The highest BCUT2D eigenvalue weighted by Gasteiger charge is 2.28. The Kier molecular flexibility index (Phi) is 5.39. The Morgan fingerprint density at radius 3 is 2.18 bits per heavy atom. The van der Waals surface area contributed by atoms with E-state index >= 15 is 0 Å². The predicted octanol–water partition coefficient (Wildman–Crippen LogP) is -0.446. The van der Waals surface area contributed by atoms with Crippen molar-refractivity contribution in [1.29, 1.82) is 0 Å². The molecule has 0 aliphatic rings. The fraction of sp³-hybridized carbons (Fsp3) is 0.714. The molecule has 0 aliphatic heterocycles. The van der Waals surface area contributed by atoms with Gasteiger partial charge < -0.3 is 10.4 Å². The van der Waals surface area contributed by atoms with E-state index in [1.165, 1.54) is 5.32 Å². The molecule has 6 nitrogen and oxygen atoms in total. The van der Waals surface area contributed by atoms with Crippen LogP contribution in [-0.4, -0.2) is 49.6 Å². The van der Waals surface area contributed by atoms with E-state index < -0.39 is 52.4 Å². The zero-order valence-electron chi connectivity index (χ0n) is 8.45. The van der Waals surface area contributed by atoms with Gasteiger partial charge in [0.05, 0.1) is 12.2 Å². The first kappa shape index (κ1) is 15.7. The van der Waals surface area contributed by atoms with Gasteiger partial charge in [-0.2, -0.15) is 13.2 Å². The Morgan fingerprint density at radius 2 is 1.76 bits per heavy atom. The number of nitrogens with one attached hydrogen (secondary N) is 1. The lowest BCUT2D eigenvalue weighted by atomic mass is 10.5. The summed E-state index contributed by atoms with van der Waals surface area (Å²) in [6, 6.07) is 0. The highest BCUT2D eigenvalue weighted by atomic mass is 32.2. The van der Waals surface area contributed by atoms with Gasteiger partial charge in [0.2, 0.25) is 5.91 Å². The van der Waals surface area contributed by atoms with Gasteiger partial charge >= 0.3 is 12.1 Å². The molecular weight excluding hydrogens is 267 g/mol. The number of carboxylic acids is 1. The fourth-order valence-corrected chi connectivity index (χ4v) is 1.90. The van der Waals surface area contributed by atoms with Crippen molar-refractivity contribution >= 4 is 21.7 Å². The maximum Gasteiger partial charge on any atom is 0.405 e. The van der Waals surface area contributed by atoms with E-state index in [4.69, 9.17) is 5.11 Å². The third-order valence-corrected chi connectivity index (χ3v) is 2.99. The van der Waals surface area contributed by atoms with Gasteiger partial charge in [0.25, 0.3) is 0 Å². The van der Waals surface area contributed by atoms with Crippen molar-refractivity contribution in [3.8, 4) is 0 Å². The van der Waals surface area contributed by atoms with Gasteiger partial charge in [-0.1, -0.05) is 0 Å². The maximum atomic E-state index is 11.7. The number of rotatable bonds is 6. The average Bonchev–Trinajstić information content (AvgIpc) is 2.10. The van der Waals surface area contributed by atoms with Crippen LogP contribution in [-0.2, 0) is 19.4 Å². The molecule has 0 saturated heterocycles. The second-order valence-electron chi connectivity index (χ2n) is 3.13. The molecule has 0 aromatic carbocycles. The molecule has 0 unspecified atom stereocenters. The molecule has 0 spiro atoms. The highest BCUT2D eigenvalue weighted by Crippen LogP contribution is 2.12. The van der Waals surface area contributed by atoms with E-state index in [1.54, 1.807) is 0 Å². The Bertz CT molecular complexity index is 389. The van der Waals surface area contributed by atoms with Crippen molar-refractivity contribution in [2.24, 2.45) is 0 Å². The lowest BCUT2D eigenvalue weighted by Gasteiger charge is -2.08. The molecule has 2 N–H and O–H groups in total. The zero-order chi connectivity index (χ0) is 13.7. The number of alkyl halides is 3. The van der Waals surface area contributed by atoms with Gasteiger partial charge in [-0.05, 0) is 0 Å². The number of carbonyl (C=O) groups is 2. The molecule has 0 rings (SSSR count). The molecule has 0 bridgehead atoms. The van der Waals surface area contributed by atoms with Crippen LogP contribution in [0, 0.1) is 0 Å². The molecule has 100 valence electrons. The molecule has 0 atom stereocenters. The van der Waals surface area contributed by atoms with Crippen LogP contribution in [0.4, 0.5) is 13.2 Å². The van der Waals surface area contributed by atoms with Crippen LogP contribution < -0.4 is 5.32 Å². The number of carboxylic acid groups (broad SMARTS) is 1. The van der Waals surface area contributed by atoms with E-state index in [9.17, 15) is 31.2 Å². The van der Waals surface area contributed by atoms with Crippen LogP contribution in [0.25, 0.3) is 0 Å². The van der Waals surface area contributed by atoms with Crippen molar-refractivity contribution in [2.75, 3.05) is 18.1 Å². The minimum absolute atomic E-state index is 0.700. The van der Waals surface area contributed by atoms with Gasteiger partial charge in [-0.3, -0.25) is 9.59 Å². The molecule has 17 heavy (non-hydrogen) atoms. The van der Waals surface area contributed by atoms with E-state index in [-0.39, 0.29) is 0 Å². The topological polar surface area (TPSA) is 101 Å². The summed E-state index contributed by atoms with van der Waals surface area (Å²) >= 11 is 0. The molecule has 0 heterocycles. The number of aliphatic carboxylic acids is 1. The molecule has 10 heteroatoms. The van der Waals surface area contributed by atoms with E-state index in [1.807, 2.05) is 0 Å². The third kappa shape index (κ3) is 9.60. The highest BCUT2D eigenvalue weighted by molar-refractivity contribution is 7.92. The first-order valence-corrected chi connectivity index (χ1v) is 6.10. The monoisotopic (exact) mass is 277 g/mol. The molecule has 0 fully saturated rings. The first-order chi connectivity index (χ1) is 7.52. The van der Waals surface area contributed by atoms with Gasteiger partial charge in [-0.25, -0.2) is 8.42 Å². The summed E-state index contributed by atoms with van der Waals surface area (Å²) in [5, 5.41) is 9.58. The summed E-state index contributed by atoms with van der Waals surface area (Å²) in [5.74, 6) is -4.63. The predicted molar refractivity (Wildman–Crippen MR) is 50.0 cm³/mol. The maximum absolute atomic E-state index is 11.7. The SMILES string of the molecule is O=C(O)CCS(=O)(=O)CC(=O)NCC(F)(F)F. The Hall–Kier alpha value is -1.32. The quantitative estimate of drug-likeness (QED) is 0.685. The van der Waals surface area contributed by atoms with Crippen molar-refractivity contribution in [3.63, 3.8) is 0 Å². The number of amides is 1. The van der Waals surface area contributed by atoms with Crippen molar-refractivity contribution in [2.45, 2.75) is 12.6 Å². The number of carbonyl (C=O) groups excluding carboxylic acids is 1. The lowest BCUT2D eigenvalue weighted by molar-refractivity contribution is -0.137. The van der Waals surface area contributed by atoms with E-state index in [2.05, 4.69) is 0 Å². The Balaban J connectivity index is 4.15. The summed E-state index contributed by atoms with van der Waals surface area (Å²) in [4.78, 5) is 20.9. The Labute approximate surface area is 94.7 Å². The largest absolute Gasteiger partial charge is 0.481 e. The van der Waals surface area contributed by atoms with Crippen LogP contribution >= 0.6 is 0 Å². The number of sulfone groups is 1. The number of hydrogen-bond acceptors (Lipinski definition) is 4. The lowest BCUT2D eigenvalue weighted by Crippen LogP contribution is -2.37. The third-order valence-electron chi connectivity index (χ3n) is 1.46. The normalized spacial score (nSPS) is 12.2. The van der Waals surface area contributed by atoms with Crippen LogP contribution in [0.2, 0.25) is 0 Å². The molecule has 1 amide bonds. The standard InChI is InChI=1S/C7H10F3NO5S/c8-7(9,10)4-11-5(12)3-17(15,16)2-1-6(13)14/h1-4H2,(H,11,12)(H,13,14). The Morgan fingerprint density at radius 1 is 1.24 bits per heavy atom. The molecule has 0 saturated carbocycles. The minimum Gasteiger partial charge on any atom is -0.481 e. The molecule has 0 radical (unpaired) electrons. The van der Waals surface area contributed by atoms with Crippen LogP contribution in [0.15, 0.2) is 0 Å². The van der Waals surface area contributed by atoms with Crippen LogP contribution in [0.5, 0.6) is 0 Å². The summed E-state index contributed by atoms with van der Waals surface area (Å²) in [5.41, 5.74) is 0. The van der Waals surface area contributed by atoms with E-state index in [0.717, 1.165) is 0 Å². The molecule has 0 aromatic heterocycles. The fourth-order valence-electron chi connectivity index (χ4n) is 0.765. The van der Waals surface area contributed by atoms with Gasteiger partial charge in [0, 0.05) is 0 Å². The second kappa shape index (κ2) is 5.84. The van der Waals surface area contributed by atoms with Crippen molar-refractivity contribution in [3.05, 3.63) is 0 Å². The van der Waals surface area contributed by atoms with Gasteiger partial charge in [0.1, 0.15) is 12.3 Å². The van der Waals surface area contributed by atoms with E-state index in [0.29, 0.717) is 0 Å².